The number of aromatic nitrogens is 1. The lowest BCUT2D eigenvalue weighted by Crippen LogP contribution is -2.50. The maximum absolute atomic E-state index is 13.3. The van der Waals surface area contributed by atoms with E-state index in [2.05, 4.69) is 4.98 Å². The molecule has 0 aliphatic carbocycles. The van der Waals surface area contributed by atoms with Crippen molar-refractivity contribution < 1.29 is 18.0 Å². The van der Waals surface area contributed by atoms with Gasteiger partial charge < -0.3 is 9.88 Å². The first-order valence-corrected chi connectivity index (χ1v) is 11.3. The number of nitrogens with one attached hydrogen (secondary N) is 1. The first-order valence-electron chi connectivity index (χ1n) is 9.86. The number of hydrogen-bond donors (Lipinski definition) is 1. The third kappa shape index (κ3) is 2.53. The fourth-order valence-corrected chi connectivity index (χ4v) is 6.24. The molecule has 1 N–H and O–H groups in total. The van der Waals surface area contributed by atoms with E-state index in [4.69, 9.17) is 0 Å². The van der Waals surface area contributed by atoms with Crippen LogP contribution in [0.2, 0.25) is 0 Å². The van der Waals surface area contributed by atoms with E-state index in [0.29, 0.717) is 19.5 Å². The van der Waals surface area contributed by atoms with Crippen molar-refractivity contribution in [1.82, 2.24) is 14.2 Å². The molecule has 2 aliphatic heterocycles. The molecule has 3 heterocycles. The van der Waals surface area contributed by atoms with Crippen LogP contribution in [0, 0.1) is 6.92 Å². The topological polar surface area (TPSA) is 90.6 Å². The van der Waals surface area contributed by atoms with Gasteiger partial charge in [-0.05, 0) is 31.5 Å². The monoisotopic (exact) mass is 423 g/mol. The molecule has 2 aromatic carbocycles. The quantitative estimate of drug-likeness (QED) is 0.686. The van der Waals surface area contributed by atoms with Crippen LogP contribution in [0.3, 0.4) is 0 Å². The summed E-state index contributed by atoms with van der Waals surface area (Å²) in [6, 6.07) is 11.0. The highest BCUT2D eigenvalue weighted by Crippen LogP contribution is 2.34. The van der Waals surface area contributed by atoms with Crippen LogP contribution in [0.1, 0.15) is 34.1 Å². The van der Waals surface area contributed by atoms with Crippen molar-refractivity contribution in [3.8, 4) is 0 Å². The van der Waals surface area contributed by atoms with Crippen LogP contribution in [-0.2, 0) is 27.8 Å². The minimum Gasteiger partial charge on any atom is -0.358 e. The lowest BCUT2D eigenvalue weighted by atomic mass is 10.0. The number of fused-ring (bicyclic) bond motifs is 4. The molecule has 0 fully saturated rings. The van der Waals surface area contributed by atoms with Gasteiger partial charge in [0.1, 0.15) is 10.9 Å². The van der Waals surface area contributed by atoms with Gasteiger partial charge in [-0.15, -0.1) is 0 Å². The molecule has 2 amide bonds. The summed E-state index contributed by atoms with van der Waals surface area (Å²) in [5, 5.41) is 1.08. The van der Waals surface area contributed by atoms with Gasteiger partial charge in [0, 0.05) is 41.7 Å². The molecule has 0 spiro atoms. The van der Waals surface area contributed by atoms with Crippen LogP contribution < -0.4 is 0 Å². The highest BCUT2D eigenvalue weighted by atomic mass is 32.2. The van der Waals surface area contributed by atoms with Crippen LogP contribution in [-0.4, -0.2) is 47.0 Å². The van der Waals surface area contributed by atoms with Crippen LogP contribution in [0.4, 0.5) is 0 Å². The van der Waals surface area contributed by atoms with Gasteiger partial charge in [0.05, 0.1) is 5.56 Å². The van der Waals surface area contributed by atoms with Crippen molar-refractivity contribution in [1.29, 1.82) is 0 Å². The van der Waals surface area contributed by atoms with Gasteiger partial charge in [-0.2, -0.15) is 0 Å². The molecule has 0 bridgehead atoms. The van der Waals surface area contributed by atoms with Crippen LogP contribution in [0.15, 0.2) is 47.4 Å². The minimum atomic E-state index is -4.04. The fraction of sp³-hybridized carbons (Fsp3) is 0.273. The van der Waals surface area contributed by atoms with Crippen molar-refractivity contribution in [2.24, 2.45) is 0 Å². The van der Waals surface area contributed by atoms with Crippen molar-refractivity contribution in [2.45, 2.75) is 37.8 Å². The highest BCUT2D eigenvalue weighted by molar-refractivity contribution is 7.90. The Balaban J connectivity index is 1.46. The van der Waals surface area contributed by atoms with E-state index in [0.717, 1.165) is 32.0 Å². The molecular formula is C22H21N3O4S. The minimum absolute atomic E-state index is 0.0392. The van der Waals surface area contributed by atoms with Gasteiger partial charge >= 0.3 is 0 Å². The lowest BCUT2D eigenvalue weighted by Gasteiger charge is -2.32. The molecule has 0 unspecified atom stereocenters. The molecule has 1 aromatic heterocycles. The number of benzene rings is 2. The molecule has 0 saturated carbocycles. The third-order valence-electron chi connectivity index (χ3n) is 6.09. The van der Waals surface area contributed by atoms with Crippen molar-refractivity contribution >= 4 is 32.7 Å². The SMILES string of the molecule is Cc1cccc2c3c([nH]c12)CCN(C(=O)[C@@H](C)N1C(=O)c2ccccc2S1(=O)=O)C3. The molecule has 2 aliphatic rings. The second-order valence-electron chi connectivity index (χ2n) is 7.87. The van der Waals surface area contributed by atoms with Crippen LogP contribution >= 0.6 is 0 Å². The lowest BCUT2D eigenvalue weighted by molar-refractivity contribution is -0.135. The average molecular weight is 423 g/mol. The zero-order chi connectivity index (χ0) is 21.2. The van der Waals surface area contributed by atoms with E-state index in [9.17, 15) is 18.0 Å². The van der Waals surface area contributed by atoms with E-state index in [-0.39, 0.29) is 16.4 Å². The summed E-state index contributed by atoms with van der Waals surface area (Å²) in [5.41, 5.74) is 4.48. The Hall–Kier alpha value is -3.13. The van der Waals surface area contributed by atoms with E-state index in [1.54, 1.807) is 17.0 Å². The van der Waals surface area contributed by atoms with Gasteiger partial charge in [-0.25, -0.2) is 12.7 Å². The number of amides is 2. The molecule has 7 nitrogen and oxygen atoms in total. The molecule has 3 aromatic rings. The Kier molecular flexibility index (Phi) is 4.05. The number of H-pyrrole nitrogens is 1. The van der Waals surface area contributed by atoms with Gasteiger partial charge in [-0.1, -0.05) is 30.3 Å². The maximum atomic E-state index is 13.3. The number of nitrogens with zero attached hydrogens (tertiary/aromatic N) is 2. The van der Waals surface area contributed by atoms with Crippen molar-refractivity contribution in [3.63, 3.8) is 0 Å². The third-order valence-corrected chi connectivity index (χ3v) is 8.01. The van der Waals surface area contributed by atoms with Gasteiger partial charge in [0.2, 0.25) is 5.91 Å². The van der Waals surface area contributed by atoms with E-state index in [1.807, 2.05) is 25.1 Å². The Bertz CT molecular complexity index is 1330. The summed E-state index contributed by atoms with van der Waals surface area (Å²) in [6.45, 7) is 4.38. The Morgan fingerprint density at radius 1 is 1.13 bits per heavy atom. The number of sulfonamides is 1. The number of carbonyl (C=O) groups excluding carboxylic acids is 2. The standard InChI is InChI=1S/C22H21N3O4S/c1-13-6-5-8-15-17-12-24(11-10-18(17)23-20(13)15)21(26)14(2)25-22(27)16-7-3-4-9-19(16)30(25,28)29/h3-9,14,23H,10-12H2,1-2H3/t14-/m1/s1. The van der Waals surface area contributed by atoms with E-state index >= 15 is 0 Å². The first kappa shape index (κ1) is 18.9. The predicted molar refractivity (Wildman–Crippen MR) is 111 cm³/mol. The molecule has 0 saturated heterocycles. The van der Waals surface area contributed by atoms with Gasteiger partial charge in [0.25, 0.3) is 15.9 Å². The number of carbonyl (C=O) groups is 2. The molecule has 5 rings (SSSR count). The normalized spacial score (nSPS) is 18.4. The van der Waals surface area contributed by atoms with Gasteiger partial charge in [0.15, 0.2) is 0 Å². The zero-order valence-corrected chi connectivity index (χ0v) is 17.5. The molecule has 154 valence electrons. The Morgan fingerprint density at radius 3 is 2.67 bits per heavy atom. The zero-order valence-electron chi connectivity index (χ0n) is 16.7. The number of aromatic amines is 1. The summed E-state index contributed by atoms with van der Waals surface area (Å²) in [7, 11) is -4.04. The summed E-state index contributed by atoms with van der Waals surface area (Å²) in [5.74, 6) is -1.01. The number of para-hydroxylation sites is 1. The fourth-order valence-electron chi connectivity index (χ4n) is 4.52. The first-order chi connectivity index (χ1) is 14.3. The smallest absolute Gasteiger partial charge is 0.269 e. The Labute approximate surface area is 174 Å². The number of hydrogen-bond acceptors (Lipinski definition) is 4. The summed E-state index contributed by atoms with van der Waals surface area (Å²) < 4.78 is 26.6. The van der Waals surface area contributed by atoms with E-state index < -0.39 is 22.0 Å². The second kappa shape index (κ2) is 6.43. The largest absolute Gasteiger partial charge is 0.358 e. The summed E-state index contributed by atoms with van der Waals surface area (Å²) in [4.78, 5) is 31.1. The molecule has 0 radical (unpaired) electrons. The predicted octanol–water partition coefficient (Wildman–Crippen LogP) is 2.59. The molecule has 30 heavy (non-hydrogen) atoms. The number of rotatable bonds is 2. The molecular weight excluding hydrogens is 402 g/mol. The van der Waals surface area contributed by atoms with Crippen LogP contribution in [0.5, 0.6) is 0 Å². The van der Waals surface area contributed by atoms with Crippen molar-refractivity contribution in [3.05, 3.63) is 64.8 Å². The maximum Gasteiger partial charge on any atom is 0.269 e. The van der Waals surface area contributed by atoms with E-state index in [1.165, 1.54) is 19.1 Å². The molecule has 8 heteroatoms. The van der Waals surface area contributed by atoms with Crippen molar-refractivity contribution in [2.75, 3.05) is 6.54 Å². The summed E-state index contributed by atoms with van der Waals surface area (Å²) in [6.07, 6.45) is 0.656. The number of aryl methyl sites for hydroxylation is 1. The highest BCUT2D eigenvalue weighted by Gasteiger charge is 2.46. The second-order valence-corrected chi connectivity index (χ2v) is 9.65. The van der Waals surface area contributed by atoms with Crippen LogP contribution in [0.25, 0.3) is 10.9 Å². The molecule has 1 atom stereocenters. The Morgan fingerprint density at radius 2 is 1.90 bits per heavy atom. The average Bonchev–Trinajstić information content (AvgIpc) is 3.21. The van der Waals surface area contributed by atoms with Gasteiger partial charge in [-0.3, -0.25) is 9.59 Å². The summed E-state index contributed by atoms with van der Waals surface area (Å²) >= 11 is 0.